The molecular formula is C12H18O5. The molecule has 0 amide bonds. The van der Waals surface area contributed by atoms with Crippen molar-refractivity contribution in [3.05, 3.63) is 24.7 Å². The molecule has 5 nitrogen and oxygen atoms in total. The molecule has 0 aliphatic carbocycles. The van der Waals surface area contributed by atoms with Crippen LogP contribution in [0.15, 0.2) is 24.7 Å². The quantitative estimate of drug-likeness (QED) is 0.454. The SMILES string of the molecule is O=C(O)CCCC=COC=CCCCC(=O)O. The lowest BCUT2D eigenvalue weighted by molar-refractivity contribution is -0.138. The van der Waals surface area contributed by atoms with Gasteiger partial charge in [-0.1, -0.05) is 0 Å². The fourth-order valence-electron chi connectivity index (χ4n) is 1.03. The van der Waals surface area contributed by atoms with Gasteiger partial charge in [-0.15, -0.1) is 0 Å². The average Bonchev–Trinajstić information content (AvgIpc) is 2.25. The summed E-state index contributed by atoms with van der Waals surface area (Å²) in [4.78, 5) is 20.3. The average molecular weight is 242 g/mol. The Labute approximate surface area is 100 Å². The molecule has 0 unspecified atom stereocenters. The Morgan fingerprint density at radius 2 is 1.29 bits per heavy atom. The third-order valence-electron chi connectivity index (χ3n) is 1.87. The van der Waals surface area contributed by atoms with E-state index in [1.165, 1.54) is 12.5 Å². The molecular weight excluding hydrogens is 224 g/mol. The molecule has 5 heteroatoms. The number of carboxylic acid groups (broad SMARTS) is 2. The minimum absolute atomic E-state index is 0.162. The van der Waals surface area contributed by atoms with Gasteiger partial charge in [-0.05, 0) is 37.8 Å². The number of carbonyl (C=O) groups is 2. The van der Waals surface area contributed by atoms with Crippen molar-refractivity contribution in [3.8, 4) is 0 Å². The van der Waals surface area contributed by atoms with Gasteiger partial charge in [0.25, 0.3) is 0 Å². The number of allylic oxidation sites excluding steroid dienone is 2. The molecule has 0 atom stereocenters. The summed E-state index contributed by atoms with van der Waals surface area (Å²) in [5, 5.41) is 16.7. The third-order valence-corrected chi connectivity index (χ3v) is 1.87. The number of hydrogen-bond acceptors (Lipinski definition) is 3. The molecule has 0 radical (unpaired) electrons. The maximum absolute atomic E-state index is 10.2. The van der Waals surface area contributed by atoms with E-state index in [0.717, 1.165) is 0 Å². The fourth-order valence-corrected chi connectivity index (χ4v) is 1.03. The van der Waals surface area contributed by atoms with E-state index in [1.54, 1.807) is 12.2 Å². The van der Waals surface area contributed by atoms with Crippen molar-refractivity contribution >= 4 is 11.9 Å². The van der Waals surface area contributed by atoms with Gasteiger partial charge in [-0.3, -0.25) is 9.59 Å². The molecule has 0 aromatic rings. The predicted octanol–water partition coefficient (Wildman–Crippen LogP) is 2.54. The molecule has 0 fully saturated rings. The Morgan fingerprint density at radius 3 is 1.65 bits per heavy atom. The first-order valence-corrected chi connectivity index (χ1v) is 5.52. The van der Waals surface area contributed by atoms with E-state index in [2.05, 4.69) is 0 Å². The summed E-state index contributed by atoms with van der Waals surface area (Å²) in [5.41, 5.74) is 0. The summed E-state index contributed by atoms with van der Waals surface area (Å²) in [6, 6.07) is 0. The monoisotopic (exact) mass is 242 g/mol. The van der Waals surface area contributed by atoms with Gasteiger partial charge < -0.3 is 14.9 Å². The van der Waals surface area contributed by atoms with Crippen LogP contribution in [0.4, 0.5) is 0 Å². The molecule has 17 heavy (non-hydrogen) atoms. The Balaban J connectivity index is 3.31. The third kappa shape index (κ3) is 14.2. The highest BCUT2D eigenvalue weighted by molar-refractivity contribution is 5.66. The number of carboxylic acids is 2. The van der Waals surface area contributed by atoms with Crippen LogP contribution in [0.25, 0.3) is 0 Å². The molecule has 0 saturated heterocycles. The zero-order chi connectivity index (χ0) is 12.9. The lowest BCUT2D eigenvalue weighted by Crippen LogP contribution is -1.92. The van der Waals surface area contributed by atoms with Crippen molar-refractivity contribution in [2.24, 2.45) is 0 Å². The van der Waals surface area contributed by atoms with E-state index in [-0.39, 0.29) is 12.8 Å². The number of ether oxygens (including phenoxy) is 1. The lowest BCUT2D eigenvalue weighted by Gasteiger charge is -1.92. The zero-order valence-electron chi connectivity index (χ0n) is 9.67. The van der Waals surface area contributed by atoms with E-state index < -0.39 is 11.9 Å². The summed E-state index contributed by atoms with van der Waals surface area (Å²) in [6.45, 7) is 0. The van der Waals surface area contributed by atoms with Crippen LogP contribution in [0.1, 0.15) is 38.5 Å². The van der Waals surface area contributed by atoms with Crippen molar-refractivity contribution in [3.63, 3.8) is 0 Å². The second-order valence-electron chi connectivity index (χ2n) is 3.45. The van der Waals surface area contributed by atoms with Crippen molar-refractivity contribution in [1.82, 2.24) is 0 Å². The van der Waals surface area contributed by atoms with Gasteiger partial charge in [0.2, 0.25) is 0 Å². The number of aliphatic carboxylic acids is 2. The smallest absolute Gasteiger partial charge is 0.303 e. The molecule has 0 heterocycles. The number of rotatable bonds is 10. The predicted molar refractivity (Wildman–Crippen MR) is 62.3 cm³/mol. The maximum Gasteiger partial charge on any atom is 0.303 e. The highest BCUT2D eigenvalue weighted by Gasteiger charge is 1.93. The van der Waals surface area contributed by atoms with E-state index in [9.17, 15) is 9.59 Å². The van der Waals surface area contributed by atoms with Crippen molar-refractivity contribution in [2.75, 3.05) is 0 Å². The van der Waals surface area contributed by atoms with Gasteiger partial charge >= 0.3 is 11.9 Å². The molecule has 0 saturated carbocycles. The second kappa shape index (κ2) is 10.7. The molecule has 0 aromatic heterocycles. The summed E-state index contributed by atoms with van der Waals surface area (Å²) in [7, 11) is 0. The largest absolute Gasteiger partial charge is 0.481 e. The summed E-state index contributed by atoms with van der Waals surface area (Å²) in [6.07, 6.45) is 9.35. The standard InChI is InChI=1S/C12H18O5/c13-11(14)7-3-1-5-9-17-10-6-2-4-8-12(15)16/h5-6,9-10H,1-4,7-8H2,(H,13,14)(H,15,16). The van der Waals surface area contributed by atoms with Crippen molar-refractivity contribution in [1.29, 1.82) is 0 Å². The molecule has 0 spiro atoms. The molecule has 0 aromatic carbocycles. The van der Waals surface area contributed by atoms with Gasteiger partial charge in [0.15, 0.2) is 0 Å². The lowest BCUT2D eigenvalue weighted by atomic mass is 10.2. The molecule has 0 aliphatic heterocycles. The second-order valence-corrected chi connectivity index (χ2v) is 3.45. The highest BCUT2D eigenvalue weighted by atomic mass is 16.5. The topological polar surface area (TPSA) is 83.8 Å². The minimum Gasteiger partial charge on any atom is -0.481 e. The zero-order valence-corrected chi connectivity index (χ0v) is 9.67. The van der Waals surface area contributed by atoms with Crippen LogP contribution in [0, 0.1) is 0 Å². The summed E-state index contributed by atoms with van der Waals surface area (Å²) in [5.74, 6) is -1.59. The van der Waals surface area contributed by atoms with Crippen molar-refractivity contribution in [2.45, 2.75) is 38.5 Å². The molecule has 0 aliphatic rings. The minimum atomic E-state index is -0.794. The molecule has 96 valence electrons. The normalized spacial score (nSPS) is 11.1. The van der Waals surface area contributed by atoms with Gasteiger partial charge in [0, 0.05) is 12.8 Å². The summed E-state index contributed by atoms with van der Waals surface area (Å²) < 4.78 is 4.99. The van der Waals surface area contributed by atoms with Crippen LogP contribution in [0.5, 0.6) is 0 Å². The van der Waals surface area contributed by atoms with Crippen LogP contribution >= 0.6 is 0 Å². The van der Waals surface area contributed by atoms with E-state index in [0.29, 0.717) is 25.7 Å². The Kier molecular flexibility index (Phi) is 9.61. The Hall–Kier alpha value is -1.78. The van der Waals surface area contributed by atoms with Crippen LogP contribution in [0.3, 0.4) is 0 Å². The van der Waals surface area contributed by atoms with E-state index >= 15 is 0 Å². The number of hydrogen-bond donors (Lipinski definition) is 2. The van der Waals surface area contributed by atoms with Crippen LogP contribution in [-0.2, 0) is 14.3 Å². The Morgan fingerprint density at radius 1 is 0.882 bits per heavy atom. The van der Waals surface area contributed by atoms with Crippen LogP contribution < -0.4 is 0 Å². The first-order chi connectivity index (χ1) is 8.13. The number of unbranched alkanes of at least 4 members (excludes halogenated alkanes) is 2. The first-order valence-electron chi connectivity index (χ1n) is 5.52. The van der Waals surface area contributed by atoms with Gasteiger partial charge in [0.1, 0.15) is 0 Å². The first kappa shape index (κ1) is 15.2. The fraction of sp³-hybridized carbons (Fsp3) is 0.500. The molecule has 2 N–H and O–H groups in total. The highest BCUT2D eigenvalue weighted by Crippen LogP contribution is 1.98. The van der Waals surface area contributed by atoms with Crippen LogP contribution in [0.2, 0.25) is 0 Å². The van der Waals surface area contributed by atoms with E-state index in [4.69, 9.17) is 14.9 Å². The molecule has 0 bridgehead atoms. The Bertz CT molecular complexity index is 253. The maximum atomic E-state index is 10.2. The van der Waals surface area contributed by atoms with Crippen LogP contribution in [-0.4, -0.2) is 22.2 Å². The van der Waals surface area contributed by atoms with Crippen molar-refractivity contribution < 1.29 is 24.5 Å². The van der Waals surface area contributed by atoms with Gasteiger partial charge in [0.05, 0.1) is 12.5 Å². The summed E-state index contributed by atoms with van der Waals surface area (Å²) >= 11 is 0. The van der Waals surface area contributed by atoms with E-state index in [1.807, 2.05) is 0 Å². The van der Waals surface area contributed by atoms with Gasteiger partial charge in [-0.25, -0.2) is 0 Å². The molecule has 0 rings (SSSR count). The van der Waals surface area contributed by atoms with Gasteiger partial charge in [-0.2, -0.15) is 0 Å².